The first-order valence-electron chi connectivity index (χ1n) is 5.66. The summed E-state index contributed by atoms with van der Waals surface area (Å²) < 4.78 is 0. The molecule has 17 heavy (non-hydrogen) atoms. The number of nitrogens with zero attached hydrogens (tertiary/aromatic N) is 1. The Morgan fingerprint density at radius 2 is 2.18 bits per heavy atom. The summed E-state index contributed by atoms with van der Waals surface area (Å²) in [5.74, 6) is -0.0959. The minimum Gasteiger partial charge on any atom is -0.399 e. The third-order valence-corrected chi connectivity index (χ3v) is 2.66. The van der Waals surface area contributed by atoms with E-state index in [0.717, 1.165) is 11.1 Å². The molecule has 0 spiro atoms. The Morgan fingerprint density at radius 1 is 1.53 bits per heavy atom. The van der Waals surface area contributed by atoms with Gasteiger partial charge in [-0.1, -0.05) is 24.3 Å². The number of nitrogens with two attached hydrogens (primary N) is 1. The maximum Gasteiger partial charge on any atom is 0.229 e. The van der Waals surface area contributed by atoms with Crippen LogP contribution in [0.3, 0.4) is 0 Å². The molecule has 1 aromatic rings. The van der Waals surface area contributed by atoms with Gasteiger partial charge in [0.1, 0.15) is 0 Å². The number of benzene rings is 1. The predicted octanol–water partition coefficient (Wildman–Crippen LogP) is 2.41. The van der Waals surface area contributed by atoms with Gasteiger partial charge in [0.15, 0.2) is 0 Å². The molecule has 0 radical (unpaired) electrons. The van der Waals surface area contributed by atoms with Gasteiger partial charge in [-0.2, -0.15) is 0 Å². The van der Waals surface area contributed by atoms with Gasteiger partial charge in [-0.15, -0.1) is 0 Å². The monoisotopic (exact) mass is 232 g/mol. The predicted molar refractivity (Wildman–Crippen MR) is 71.7 cm³/mol. The second kappa shape index (κ2) is 5.53. The van der Waals surface area contributed by atoms with E-state index in [1.54, 1.807) is 11.9 Å². The molecule has 0 aliphatic rings. The molecule has 0 aromatic heterocycles. The molecular weight excluding hydrogens is 212 g/mol. The highest BCUT2D eigenvalue weighted by molar-refractivity contribution is 5.83. The van der Waals surface area contributed by atoms with Crippen molar-refractivity contribution in [2.45, 2.75) is 19.8 Å². The normalized spacial score (nSPS) is 11.9. The van der Waals surface area contributed by atoms with E-state index in [2.05, 4.69) is 6.58 Å². The van der Waals surface area contributed by atoms with Crippen LogP contribution < -0.4 is 5.73 Å². The number of carbonyl (C=O) groups is 1. The lowest BCUT2D eigenvalue weighted by atomic mass is 9.99. The van der Waals surface area contributed by atoms with E-state index in [0.29, 0.717) is 12.2 Å². The van der Waals surface area contributed by atoms with E-state index in [1.807, 2.05) is 38.1 Å². The second-order valence-electron chi connectivity index (χ2n) is 4.54. The molecule has 0 aliphatic carbocycles. The van der Waals surface area contributed by atoms with E-state index >= 15 is 0 Å². The van der Waals surface area contributed by atoms with Crippen molar-refractivity contribution in [3.8, 4) is 0 Å². The summed E-state index contributed by atoms with van der Waals surface area (Å²) in [7, 11) is 1.79. The molecule has 0 heterocycles. The summed E-state index contributed by atoms with van der Waals surface area (Å²) >= 11 is 0. The highest BCUT2D eigenvalue weighted by Crippen LogP contribution is 2.19. The highest BCUT2D eigenvalue weighted by Gasteiger charge is 2.19. The molecule has 2 N–H and O–H groups in total. The Bertz CT molecular complexity index is 426. The Labute approximate surface area is 103 Å². The number of hydrogen-bond donors (Lipinski definition) is 1. The number of carbonyl (C=O) groups excluding carboxylic acids is 1. The quantitative estimate of drug-likeness (QED) is 0.640. The average molecular weight is 232 g/mol. The van der Waals surface area contributed by atoms with Gasteiger partial charge in [-0.05, 0) is 31.5 Å². The van der Waals surface area contributed by atoms with E-state index in [4.69, 9.17) is 5.73 Å². The molecule has 0 saturated heterocycles. The molecule has 1 atom stereocenters. The van der Waals surface area contributed by atoms with Gasteiger partial charge in [0.2, 0.25) is 5.91 Å². The minimum atomic E-state index is -0.178. The van der Waals surface area contributed by atoms with Crippen molar-refractivity contribution in [2.75, 3.05) is 19.3 Å². The Hall–Kier alpha value is -1.77. The third kappa shape index (κ3) is 3.63. The molecule has 3 nitrogen and oxygen atoms in total. The minimum absolute atomic E-state index is 0.0820. The fourth-order valence-corrected chi connectivity index (χ4v) is 1.78. The van der Waals surface area contributed by atoms with Gasteiger partial charge in [0.05, 0.1) is 5.92 Å². The largest absolute Gasteiger partial charge is 0.399 e. The fraction of sp³-hybridized carbons (Fsp3) is 0.357. The van der Waals surface area contributed by atoms with Crippen LogP contribution in [0, 0.1) is 0 Å². The maximum atomic E-state index is 12.1. The van der Waals surface area contributed by atoms with Gasteiger partial charge in [-0.3, -0.25) is 4.79 Å². The van der Waals surface area contributed by atoms with Gasteiger partial charge >= 0.3 is 0 Å². The van der Waals surface area contributed by atoms with Crippen LogP contribution in [0.1, 0.15) is 25.3 Å². The molecular formula is C14H20N2O. The average Bonchev–Trinajstić information content (AvgIpc) is 2.26. The smallest absolute Gasteiger partial charge is 0.229 e. The van der Waals surface area contributed by atoms with Crippen molar-refractivity contribution >= 4 is 11.6 Å². The van der Waals surface area contributed by atoms with E-state index in [1.165, 1.54) is 0 Å². The van der Waals surface area contributed by atoms with Crippen LogP contribution >= 0.6 is 0 Å². The number of nitrogen functional groups attached to an aromatic ring is 1. The van der Waals surface area contributed by atoms with Gasteiger partial charge in [-0.25, -0.2) is 0 Å². The maximum absolute atomic E-state index is 12.1. The lowest BCUT2D eigenvalue weighted by Gasteiger charge is -2.21. The summed E-state index contributed by atoms with van der Waals surface area (Å²) in [5, 5.41) is 0. The van der Waals surface area contributed by atoms with E-state index in [-0.39, 0.29) is 11.8 Å². The standard InChI is InChI=1S/C14H20N2O/c1-10(2)9-16(4)14(17)11(3)12-6-5-7-13(15)8-12/h5-8,11H,1,9,15H2,2-4H3. The molecule has 1 rings (SSSR count). The zero-order chi connectivity index (χ0) is 13.0. The Morgan fingerprint density at radius 3 is 2.71 bits per heavy atom. The van der Waals surface area contributed by atoms with Gasteiger partial charge < -0.3 is 10.6 Å². The lowest BCUT2D eigenvalue weighted by Crippen LogP contribution is -2.31. The van der Waals surface area contributed by atoms with Crippen molar-refractivity contribution in [2.24, 2.45) is 0 Å². The zero-order valence-electron chi connectivity index (χ0n) is 10.7. The summed E-state index contributed by atoms with van der Waals surface area (Å²) in [6.07, 6.45) is 0. The first kappa shape index (κ1) is 13.3. The SMILES string of the molecule is C=C(C)CN(C)C(=O)C(C)c1cccc(N)c1. The topological polar surface area (TPSA) is 46.3 Å². The highest BCUT2D eigenvalue weighted by atomic mass is 16.2. The van der Waals surface area contributed by atoms with Crippen LogP contribution in [-0.4, -0.2) is 24.4 Å². The molecule has 1 aromatic carbocycles. The van der Waals surface area contributed by atoms with Crippen molar-refractivity contribution < 1.29 is 4.79 Å². The number of hydrogen-bond acceptors (Lipinski definition) is 2. The Kier molecular flexibility index (Phi) is 4.32. The number of anilines is 1. The molecule has 92 valence electrons. The number of likely N-dealkylation sites (N-methyl/N-ethyl adjacent to an activating group) is 1. The van der Waals surface area contributed by atoms with Crippen molar-refractivity contribution in [1.29, 1.82) is 0 Å². The van der Waals surface area contributed by atoms with Crippen molar-refractivity contribution in [3.63, 3.8) is 0 Å². The second-order valence-corrected chi connectivity index (χ2v) is 4.54. The molecule has 3 heteroatoms. The summed E-state index contributed by atoms with van der Waals surface area (Å²) in [4.78, 5) is 13.8. The fourth-order valence-electron chi connectivity index (χ4n) is 1.78. The van der Waals surface area contributed by atoms with Gasteiger partial charge in [0.25, 0.3) is 0 Å². The molecule has 1 amide bonds. The van der Waals surface area contributed by atoms with Crippen LogP contribution in [-0.2, 0) is 4.79 Å². The number of rotatable bonds is 4. The van der Waals surface area contributed by atoms with Crippen molar-refractivity contribution in [1.82, 2.24) is 4.90 Å². The first-order valence-corrected chi connectivity index (χ1v) is 5.66. The summed E-state index contributed by atoms with van der Waals surface area (Å²) in [6.45, 7) is 8.21. The van der Waals surface area contributed by atoms with Crippen LogP contribution in [0.25, 0.3) is 0 Å². The molecule has 0 aliphatic heterocycles. The third-order valence-electron chi connectivity index (χ3n) is 2.66. The van der Waals surface area contributed by atoms with Gasteiger partial charge in [0, 0.05) is 19.3 Å². The Balaban J connectivity index is 2.79. The molecule has 0 bridgehead atoms. The number of amides is 1. The van der Waals surface area contributed by atoms with Crippen molar-refractivity contribution in [3.05, 3.63) is 42.0 Å². The van der Waals surface area contributed by atoms with Crippen LogP contribution in [0.5, 0.6) is 0 Å². The van der Waals surface area contributed by atoms with E-state index < -0.39 is 0 Å². The van der Waals surface area contributed by atoms with Crippen LogP contribution in [0.2, 0.25) is 0 Å². The molecule has 0 fully saturated rings. The molecule has 1 unspecified atom stereocenters. The summed E-state index contributed by atoms with van der Waals surface area (Å²) in [5.41, 5.74) is 8.32. The van der Waals surface area contributed by atoms with E-state index in [9.17, 15) is 4.79 Å². The first-order chi connectivity index (χ1) is 7.91. The molecule has 0 saturated carbocycles. The van der Waals surface area contributed by atoms with Crippen LogP contribution in [0.4, 0.5) is 5.69 Å². The lowest BCUT2D eigenvalue weighted by molar-refractivity contribution is -0.130. The summed E-state index contributed by atoms with van der Waals surface area (Å²) in [6, 6.07) is 7.45. The zero-order valence-corrected chi connectivity index (χ0v) is 10.7. The van der Waals surface area contributed by atoms with Crippen LogP contribution in [0.15, 0.2) is 36.4 Å².